The van der Waals surface area contributed by atoms with Gasteiger partial charge in [0.25, 0.3) is 0 Å². The first kappa shape index (κ1) is 66.2. The van der Waals surface area contributed by atoms with Crippen LogP contribution in [0.3, 0.4) is 0 Å². The van der Waals surface area contributed by atoms with Gasteiger partial charge in [0.05, 0.1) is 112 Å². The van der Waals surface area contributed by atoms with Crippen molar-refractivity contribution in [2.45, 2.75) is 121 Å². The molecule has 0 amide bonds. The van der Waals surface area contributed by atoms with Gasteiger partial charge < -0.3 is 99.8 Å². The van der Waals surface area contributed by atoms with E-state index in [0.29, 0.717) is 131 Å². The molecule has 0 bridgehead atoms. The van der Waals surface area contributed by atoms with E-state index >= 15 is 0 Å². The first-order chi connectivity index (χ1) is 33.1. The first-order valence-corrected chi connectivity index (χ1v) is 24.5. The number of hydrogen-bond acceptors (Lipinski definition) is 21. The van der Waals surface area contributed by atoms with Gasteiger partial charge in [0.1, 0.15) is 19.8 Å². The summed E-state index contributed by atoms with van der Waals surface area (Å²) < 4.78 is 105. The van der Waals surface area contributed by atoms with Crippen LogP contribution in [0.1, 0.15) is 80.6 Å². The lowest BCUT2D eigenvalue weighted by atomic mass is 9.84. The van der Waals surface area contributed by atoms with Gasteiger partial charge in [-0.1, -0.05) is 26.9 Å². The van der Waals surface area contributed by atoms with E-state index in [9.17, 15) is 5.11 Å². The second-order valence-corrected chi connectivity index (χ2v) is 17.4. The van der Waals surface area contributed by atoms with Gasteiger partial charge in [-0.3, -0.25) is 0 Å². The summed E-state index contributed by atoms with van der Waals surface area (Å²) in [5, 5.41) is 10.5. The Balaban J connectivity index is 0.000000416. The van der Waals surface area contributed by atoms with Crippen molar-refractivity contribution in [3.05, 3.63) is 0 Å². The molecule has 414 valence electrons. The Labute approximate surface area is 414 Å². The second-order valence-electron chi connectivity index (χ2n) is 17.4. The van der Waals surface area contributed by atoms with Crippen molar-refractivity contribution in [3.8, 4) is 0 Å². The molecule has 6 fully saturated rings. The van der Waals surface area contributed by atoms with E-state index in [4.69, 9.17) is 94.7 Å². The number of methoxy groups -OCH3 is 6. The van der Waals surface area contributed by atoms with Crippen LogP contribution in [0.15, 0.2) is 0 Å². The maximum Gasteiger partial charge on any atom is 0.191 e. The monoisotopic (exact) mass is 1010 g/mol. The molecule has 0 aromatic heterocycles. The van der Waals surface area contributed by atoms with Crippen molar-refractivity contribution < 1.29 is 99.8 Å². The highest BCUT2D eigenvalue weighted by Crippen LogP contribution is 2.39. The van der Waals surface area contributed by atoms with E-state index < -0.39 is 35.5 Å². The van der Waals surface area contributed by atoms with Crippen molar-refractivity contribution in [2.24, 2.45) is 5.92 Å². The Hall–Kier alpha value is -0.840. The molecule has 6 rings (SSSR count). The number of rotatable bonds is 24. The fourth-order valence-electron chi connectivity index (χ4n) is 7.89. The minimum atomic E-state index is -0.991. The molecule has 5 heterocycles. The van der Waals surface area contributed by atoms with Crippen LogP contribution in [0.5, 0.6) is 0 Å². The zero-order chi connectivity index (χ0) is 51.4. The third-order valence-electron chi connectivity index (χ3n) is 10.9. The molecule has 1 saturated carbocycles. The van der Waals surface area contributed by atoms with Gasteiger partial charge in [0, 0.05) is 75.1 Å². The fourth-order valence-corrected chi connectivity index (χ4v) is 7.89. The quantitative estimate of drug-likeness (QED) is 0.0997. The Morgan fingerprint density at radius 2 is 0.957 bits per heavy atom. The summed E-state index contributed by atoms with van der Waals surface area (Å²) >= 11 is 0. The van der Waals surface area contributed by atoms with Crippen LogP contribution in [0.4, 0.5) is 0 Å². The lowest BCUT2D eigenvalue weighted by Gasteiger charge is -2.38. The van der Waals surface area contributed by atoms with Gasteiger partial charge in [-0.15, -0.1) is 0 Å². The summed E-state index contributed by atoms with van der Waals surface area (Å²) in [7, 11) is 9.88. The minimum Gasteiger partial charge on any atom is -0.851 e. The molecule has 2 unspecified atom stereocenters. The largest absolute Gasteiger partial charge is 0.851 e. The predicted molar refractivity (Wildman–Crippen MR) is 251 cm³/mol. The van der Waals surface area contributed by atoms with Gasteiger partial charge in [0.2, 0.25) is 0 Å². The van der Waals surface area contributed by atoms with Gasteiger partial charge in [-0.2, -0.15) is 0 Å². The highest BCUT2D eigenvalue weighted by molar-refractivity contribution is 4.86. The van der Waals surface area contributed by atoms with Crippen LogP contribution in [-0.4, -0.2) is 229 Å². The molecule has 1 spiro atoms. The van der Waals surface area contributed by atoms with Crippen molar-refractivity contribution in [2.75, 3.05) is 188 Å². The van der Waals surface area contributed by atoms with Crippen LogP contribution in [0.25, 0.3) is 0 Å². The van der Waals surface area contributed by atoms with Crippen LogP contribution in [-0.2, 0) is 94.7 Å². The third-order valence-corrected chi connectivity index (χ3v) is 10.9. The molecule has 5 aliphatic heterocycles. The molecule has 0 aromatic carbocycles. The molecule has 21 nitrogen and oxygen atoms in total. The molecule has 1 aliphatic carbocycles. The molecular formula is C48H95O21-. The van der Waals surface area contributed by atoms with Crippen LogP contribution >= 0.6 is 0 Å². The van der Waals surface area contributed by atoms with E-state index in [-0.39, 0.29) is 12.4 Å². The smallest absolute Gasteiger partial charge is 0.191 e. The fraction of sp³-hybridized carbons (Fsp3) is 1.00. The third kappa shape index (κ3) is 27.9. The SMILES string of the molecule is CCCC1(COC)OCCO1.CCOC(C)(COCCOC)OCC.COC1CC(C)CC2(C1)OCCO2.COCC1(C)OCCO1.COCC1(C[O-])OCCO1.COCCOCC1(C)OCCO1. The number of hydrogen-bond donors (Lipinski definition) is 0. The molecule has 69 heavy (non-hydrogen) atoms. The molecule has 2 atom stereocenters. The van der Waals surface area contributed by atoms with Crippen LogP contribution in [0, 0.1) is 5.92 Å². The molecule has 0 aromatic rings. The zero-order valence-corrected chi connectivity index (χ0v) is 44.8. The summed E-state index contributed by atoms with van der Waals surface area (Å²) in [4.78, 5) is 0. The zero-order valence-electron chi connectivity index (χ0n) is 44.8. The van der Waals surface area contributed by atoms with Gasteiger partial charge in [-0.05, 0) is 47.0 Å². The van der Waals surface area contributed by atoms with Crippen molar-refractivity contribution in [1.82, 2.24) is 0 Å². The van der Waals surface area contributed by atoms with Crippen molar-refractivity contribution >= 4 is 0 Å². The van der Waals surface area contributed by atoms with Crippen molar-refractivity contribution in [1.29, 1.82) is 0 Å². The van der Waals surface area contributed by atoms with Gasteiger partial charge in [0.15, 0.2) is 34.7 Å². The van der Waals surface area contributed by atoms with Crippen molar-refractivity contribution in [3.63, 3.8) is 0 Å². The molecular weight excluding hydrogens is 913 g/mol. The normalized spacial score (nSPS) is 23.6. The molecule has 6 aliphatic rings. The van der Waals surface area contributed by atoms with E-state index in [0.717, 1.165) is 45.3 Å². The van der Waals surface area contributed by atoms with Gasteiger partial charge >= 0.3 is 0 Å². The Morgan fingerprint density at radius 1 is 0.522 bits per heavy atom. The summed E-state index contributed by atoms with van der Waals surface area (Å²) in [6.07, 6.45) is 5.33. The van der Waals surface area contributed by atoms with Crippen LogP contribution < -0.4 is 5.11 Å². The molecule has 0 N–H and O–H groups in total. The predicted octanol–water partition coefficient (Wildman–Crippen LogP) is 3.72. The molecule has 5 saturated heterocycles. The highest BCUT2D eigenvalue weighted by Gasteiger charge is 2.44. The number of ether oxygens (including phenoxy) is 20. The van der Waals surface area contributed by atoms with E-state index in [1.54, 1.807) is 35.5 Å². The first-order valence-electron chi connectivity index (χ1n) is 24.5. The average Bonchev–Trinajstić information content (AvgIpc) is 4.21. The lowest BCUT2D eigenvalue weighted by Crippen LogP contribution is -2.44. The Bertz CT molecular complexity index is 1160. The molecule has 0 radical (unpaired) electrons. The van der Waals surface area contributed by atoms with E-state index in [1.165, 1.54) is 7.11 Å². The standard InChI is InChI=1S/C10H22O4.C10H18O3.C8H16O4.C8H16O3.C6H11O4.C6H12O3/c1-5-13-10(3,14-6-2)9-12-8-7-11-4;1-8-5-9(11-2)7-10(6-8)12-3-4-13-10;1-8(11-5-6-12-8)7-10-4-3-9-2;1-3-4-8(7-9-2)10-5-6-11-8;1-8-5-6(4-7)9-2-3-10-6;1-6(5-7-2)8-3-4-9-6/h5-9H2,1-4H3;8-9H,3-7H2,1-2H3;3-7H2,1-2H3;3-7H2,1-2H3;2-5H2,1H3;3-5H2,1-2H3/q;;;;-1;. The minimum absolute atomic E-state index is 0.219. The van der Waals surface area contributed by atoms with Crippen LogP contribution in [0.2, 0.25) is 0 Å². The summed E-state index contributed by atoms with van der Waals surface area (Å²) in [6.45, 7) is 25.7. The molecule has 21 heteroatoms. The topological polar surface area (TPSA) is 208 Å². The summed E-state index contributed by atoms with van der Waals surface area (Å²) in [5.41, 5.74) is 0. The van der Waals surface area contributed by atoms with Gasteiger partial charge in [-0.25, -0.2) is 0 Å². The maximum atomic E-state index is 10.5. The lowest BCUT2D eigenvalue weighted by molar-refractivity contribution is -0.430. The Kier molecular flexibility index (Phi) is 36.3. The Morgan fingerprint density at radius 3 is 1.39 bits per heavy atom. The van der Waals surface area contributed by atoms with E-state index in [2.05, 4.69) is 13.8 Å². The van der Waals surface area contributed by atoms with E-state index in [1.807, 2.05) is 34.6 Å². The summed E-state index contributed by atoms with van der Waals surface area (Å²) in [5.74, 6) is -2.73. The average molecular weight is 1010 g/mol. The highest BCUT2D eigenvalue weighted by atomic mass is 16.8. The second kappa shape index (κ2) is 37.8. The summed E-state index contributed by atoms with van der Waals surface area (Å²) in [6, 6.07) is 0. The maximum absolute atomic E-state index is 10.5.